The molecule has 0 amide bonds. The topological polar surface area (TPSA) is 88.0 Å². The van der Waals surface area contributed by atoms with E-state index >= 15 is 0 Å². The van der Waals surface area contributed by atoms with Gasteiger partial charge in [-0.05, 0) is 44.4 Å². The largest absolute Gasteiger partial charge is 0.477 e. The summed E-state index contributed by atoms with van der Waals surface area (Å²) in [6, 6.07) is 1.65. The number of hydrogen-bond acceptors (Lipinski definition) is 3. The van der Waals surface area contributed by atoms with Crippen LogP contribution in [0.5, 0.6) is 0 Å². The lowest BCUT2D eigenvalue weighted by molar-refractivity contribution is 0.0693. The van der Waals surface area contributed by atoms with Crippen LogP contribution in [0.15, 0.2) is 17.1 Å². The van der Waals surface area contributed by atoms with E-state index in [4.69, 9.17) is 5.11 Å². The lowest BCUT2D eigenvalue weighted by Crippen LogP contribution is -2.27. The first-order valence-corrected chi connectivity index (χ1v) is 6.35. The van der Waals surface area contributed by atoms with Crippen LogP contribution in [0.2, 0.25) is 0 Å². The summed E-state index contributed by atoms with van der Waals surface area (Å²) < 4.78 is 1.43. The fraction of sp³-hybridized carbons (Fsp3) is 0.357. The highest BCUT2D eigenvalue weighted by molar-refractivity contribution is 5.88. The molecule has 0 aliphatic rings. The number of pyridine rings is 1. The van der Waals surface area contributed by atoms with Crippen molar-refractivity contribution in [1.82, 2.24) is 14.8 Å². The Kier molecular flexibility index (Phi) is 3.74. The molecule has 0 spiro atoms. The second-order valence-electron chi connectivity index (χ2n) is 4.84. The Bertz CT molecular complexity index is 693. The molecule has 0 aliphatic carbocycles. The number of nitrogens with one attached hydrogen (secondary N) is 1. The Balaban J connectivity index is 2.30. The molecule has 0 radical (unpaired) electrons. The molecule has 0 unspecified atom stereocenters. The first kappa shape index (κ1) is 14.0. The van der Waals surface area contributed by atoms with E-state index in [1.54, 1.807) is 19.2 Å². The van der Waals surface area contributed by atoms with Crippen molar-refractivity contribution in [2.45, 2.75) is 33.7 Å². The third kappa shape index (κ3) is 2.49. The number of carboxylic acid groups (broad SMARTS) is 1. The zero-order valence-electron chi connectivity index (χ0n) is 11.7. The predicted molar refractivity (Wildman–Crippen MR) is 74.2 cm³/mol. The molecule has 0 saturated heterocycles. The van der Waals surface area contributed by atoms with Crippen molar-refractivity contribution in [2.24, 2.45) is 0 Å². The number of hydrogen-bond donors (Lipinski definition) is 2. The van der Waals surface area contributed by atoms with Crippen LogP contribution in [0, 0.1) is 20.8 Å². The molecular weight excluding hydrogens is 258 g/mol. The van der Waals surface area contributed by atoms with Crippen LogP contribution in [0.3, 0.4) is 0 Å². The number of aromatic carboxylic acids is 1. The standard InChI is InChI=1S/C14H17N3O3/c1-8-4-6-17(13(18)12(8)14(19)20)7-5-11-9(2)15-16-10(11)3/h4,6H,5,7H2,1-3H3,(H,15,16)(H,19,20). The van der Waals surface area contributed by atoms with Gasteiger partial charge in [0.1, 0.15) is 5.56 Å². The summed E-state index contributed by atoms with van der Waals surface area (Å²) in [5.74, 6) is -1.18. The minimum absolute atomic E-state index is 0.159. The summed E-state index contributed by atoms with van der Waals surface area (Å²) in [4.78, 5) is 23.2. The van der Waals surface area contributed by atoms with Crippen molar-refractivity contribution in [3.63, 3.8) is 0 Å². The molecule has 0 bridgehead atoms. The van der Waals surface area contributed by atoms with Gasteiger partial charge in [0.05, 0.1) is 5.69 Å². The average Bonchev–Trinajstić information content (AvgIpc) is 2.68. The first-order chi connectivity index (χ1) is 9.41. The molecule has 2 N–H and O–H groups in total. The lowest BCUT2D eigenvalue weighted by atomic mass is 10.1. The van der Waals surface area contributed by atoms with Gasteiger partial charge < -0.3 is 9.67 Å². The summed E-state index contributed by atoms with van der Waals surface area (Å²) in [6.45, 7) is 5.88. The lowest BCUT2D eigenvalue weighted by Gasteiger charge is -2.08. The normalized spacial score (nSPS) is 10.8. The van der Waals surface area contributed by atoms with E-state index in [0.717, 1.165) is 17.0 Å². The van der Waals surface area contributed by atoms with Crippen LogP contribution >= 0.6 is 0 Å². The van der Waals surface area contributed by atoms with Crippen LogP contribution < -0.4 is 5.56 Å². The second-order valence-corrected chi connectivity index (χ2v) is 4.84. The average molecular weight is 275 g/mol. The van der Waals surface area contributed by atoms with E-state index in [1.165, 1.54) is 4.57 Å². The van der Waals surface area contributed by atoms with Crippen molar-refractivity contribution in [3.05, 3.63) is 50.7 Å². The summed E-state index contributed by atoms with van der Waals surface area (Å²) in [6.07, 6.45) is 2.27. The van der Waals surface area contributed by atoms with E-state index in [0.29, 0.717) is 18.5 Å². The molecule has 2 heterocycles. The quantitative estimate of drug-likeness (QED) is 0.883. The number of aryl methyl sites for hydroxylation is 4. The Labute approximate surface area is 116 Å². The van der Waals surface area contributed by atoms with Gasteiger partial charge in [0.15, 0.2) is 0 Å². The van der Waals surface area contributed by atoms with Crippen LogP contribution in [0.1, 0.15) is 32.9 Å². The molecule has 20 heavy (non-hydrogen) atoms. The molecule has 106 valence electrons. The molecule has 0 aliphatic heterocycles. The molecule has 0 aromatic carbocycles. The van der Waals surface area contributed by atoms with Gasteiger partial charge in [-0.3, -0.25) is 9.89 Å². The molecule has 6 heteroatoms. The minimum atomic E-state index is -1.18. The van der Waals surface area contributed by atoms with Gasteiger partial charge in [-0.25, -0.2) is 4.79 Å². The third-order valence-corrected chi connectivity index (χ3v) is 3.47. The van der Waals surface area contributed by atoms with Gasteiger partial charge in [-0.15, -0.1) is 0 Å². The Hall–Kier alpha value is -2.37. The van der Waals surface area contributed by atoms with Crippen molar-refractivity contribution in [2.75, 3.05) is 0 Å². The molecule has 2 aromatic heterocycles. The van der Waals surface area contributed by atoms with Crippen molar-refractivity contribution >= 4 is 5.97 Å². The van der Waals surface area contributed by atoms with E-state index in [-0.39, 0.29) is 5.56 Å². The highest BCUT2D eigenvalue weighted by Gasteiger charge is 2.14. The first-order valence-electron chi connectivity index (χ1n) is 6.35. The maximum Gasteiger partial charge on any atom is 0.341 e. The SMILES string of the molecule is Cc1ccn(CCc2c(C)n[nH]c2C)c(=O)c1C(=O)O. The van der Waals surface area contributed by atoms with Gasteiger partial charge >= 0.3 is 5.97 Å². The molecule has 6 nitrogen and oxygen atoms in total. The number of H-pyrrole nitrogens is 1. The number of aromatic amines is 1. The molecule has 2 rings (SSSR count). The summed E-state index contributed by atoms with van der Waals surface area (Å²) in [7, 11) is 0. The second kappa shape index (κ2) is 5.32. The Morgan fingerprint density at radius 3 is 2.65 bits per heavy atom. The smallest absolute Gasteiger partial charge is 0.341 e. The molecule has 0 saturated carbocycles. The van der Waals surface area contributed by atoms with Gasteiger partial charge in [-0.1, -0.05) is 0 Å². The van der Waals surface area contributed by atoms with Gasteiger partial charge in [0.25, 0.3) is 5.56 Å². The Morgan fingerprint density at radius 2 is 2.10 bits per heavy atom. The van der Waals surface area contributed by atoms with E-state index in [2.05, 4.69) is 10.2 Å². The van der Waals surface area contributed by atoms with Crippen molar-refractivity contribution < 1.29 is 9.90 Å². The summed E-state index contributed by atoms with van der Waals surface area (Å²) >= 11 is 0. The molecule has 2 aromatic rings. The number of aromatic nitrogens is 3. The zero-order valence-corrected chi connectivity index (χ0v) is 11.7. The number of nitrogens with zero attached hydrogens (tertiary/aromatic N) is 2. The minimum Gasteiger partial charge on any atom is -0.477 e. The number of carbonyl (C=O) groups is 1. The highest BCUT2D eigenvalue weighted by Crippen LogP contribution is 2.11. The number of rotatable bonds is 4. The Morgan fingerprint density at radius 1 is 1.40 bits per heavy atom. The van der Waals surface area contributed by atoms with E-state index in [1.807, 2.05) is 13.8 Å². The van der Waals surface area contributed by atoms with E-state index in [9.17, 15) is 9.59 Å². The third-order valence-electron chi connectivity index (χ3n) is 3.47. The van der Waals surface area contributed by atoms with Gasteiger partial charge in [0.2, 0.25) is 0 Å². The fourth-order valence-electron chi connectivity index (χ4n) is 2.28. The molecular formula is C14H17N3O3. The van der Waals surface area contributed by atoms with Crippen LogP contribution in [0.4, 0.5) is 0 Å². The summed E-state index contributed by atoms with van der Waals surface area (Å²) in [5, 5.41) is 16.1. The van der Waals surface area contributed by atoms with Gasteiger partial charge in [0, 0.05) is 18.4 Å². The number of carboxylic acids is 1. The van der Waals surface area contributed by atoms with Crippen LogP contribution in [-0.2, 0) is 13.0 Å². The van der Waals surface area contributed by atoms with Crippen LogP contribution in [0.25, 0.3) is 0 Å². The maximum absolute atomic E-state index is 12.1. The molecule has 0 fully saturated rings. The van der Waals surface area contributed by atoms with Gasteiger partial charge in [-0.2, -0.15) is 5.10 Å². The predicted octanol–water partition coefficient (Wildman–Crippen LogP) is 1.44. The molecule has 0 atom stereocenters. The fourth-order valence-corrected chi connectivity index (χ4v) is 2.28. The van der Waals surface area contributed by atoms with E-state index < -0.39 is 11.5 Å². The van der Waals surface area contributed by atoms with Crippen molar-refractivity contribution in [3.8, 4) is 0 Å². The monoisotopic (exact) mass is 275 g/mol. The maximum atomic E-state index is 12.1. The van der Waals surface area contributed by atoms with Crippen LogP contribution in [-0.4, -0.2) is 25.8 Å². The zero-order chi connectivity index (χ0) is 14.9. The van der Waals surface area contributed by atoms with Crippen molar-refractivity contribution in [1.29, 1.82) is 0 Å². The summed E-state index contributed by atoms with van der Waals surface area (Å²) in [5.41, 5.74) is 2.80. The highest BCUT2D eigenvalue weighted by atomic mass is 16.4.